The van der Waals surface area contributed by atoms with Crippen molar-refractivity contribution in [1.82, 2.24) is 10.2 Å². The smallest absolute Gasteiger partial charge is 0.119 e. The highest BCUT2D eigenvalue weighted by molar-refractivity contribution is 5.85. The van der Waals surface area contributed by atoms with Gasteiger partial charge in [0.1, 0.15) is 5.75 Å². The fraction of sp³-hybridized carbons (Fsp3) is 0.444. The average Bonchev–Trinajstić information content (AvgIpc) is 2.59. The SMILES string of the molecule is COc1ccc2cc([C@@H](CCF)N3CCNCC3)ccc2c1.Cl. The molecule has 3 rings (SSSR count). The number of hydrogen-bond donors (Lipinski definition) is 1. The number of methoxy groups -OCH3 is 1. The maximum Gasteiger partial charge on any atom is 0.119 e. The largest absolute Gasteiger partial charge is 0.497 e. The van der Waals surface area contributed by atoms with Crippen LogP contribution in [0.3, 0.4) is 0 Å². The monoisotopic (exact) mass is 338 g/mol. The highest BCUT2D eigenvalue weighted by Crippen LogP contribution is 2.29. The van der Waals surface area contributed by atoms with E-state index in [1.165, 1.54) is 10.9 Å². The summed E-state index contributed by atoms with van der Waals surface area (Å²) in [5, 5.41) is 5.69. The molecule has 23 heavy (non-hydrogen) atoms. The van der Waals surface area contributed by atoms with Gasteiger partial charge in [-0.05, 0) is 41.0 Å². The molecule has 1 heterocycles. The van der Waals surface area contributed by atoms with E-state index in [1.54, 1.807) is 7.11 Å². The normalized spacial score (nSPS) is 16.8. The molecule has 0 bridgehead atoms. The Balaban J connectivity index is 0.00000192. The second kappa shape index (κ2) is 8.48. The van der Waals surface area contributed by atoms with Crippen LogP contribution in [0.25, 0.3) is 10.8 Å². The van der Waals surface area contributed by atoms with Crippen LogP contribution >= 0.6 is 12.4 Å². The number of ether oxygens (including phenoxy) is 1. The molecule has 1 fully saturated rings. The number of nitrogens with one attached hydrogen (secondary N) is 1. The van der Waals surface area contributed by atoms with Gasteiger partial charge in [0, 0.05) is 32.2 Å². The summed E-state index contributed by atoms with van der Waals surface area (Å²) < 4.78 is 18.3. The summed E-state index contributed by atoms with van der Waals surface area (Å²) >= 11 is 0. The first-order valence-corrected chi connectivity index (χ1v) is 7.90. The fourth-order valence-corrected chi connectivity index (χ4v) is 3.23. The number of hydrogen-bond acceptors (Lipinski definition) is 3. The zero-order valence-electron chi connectivity index (χ0n) is 13.4. The van der Waals surface area contributed by atoms with Gasteiger partial charge in [0.15, 0.2) is 0 Å². The molecule has 0 aliphatic carbocycles. The van der Waals surface area contributed by atoms with Crippen molar-refractivity contribution < 1.29 is 9.13 Å². The van der Waals surface area contributed by atoms with Crippen LogP contribution in [0.2, 0.25) is 0 Å². The molecule has 3 nitrogen and oxygen atoms in total. The molecule has 2 aromatic carbocycles. The lowest BCUT2D eigenvalue weighted by Gasteiger charge is -2.35. The Morgan fingerprint density at radius 2 is 1.83 bits per heavy atom. The fourth-order valence-electron chi connectivity index (χ4n) is 3.23. The molecule has 0 amide bonds. The molecule has 1 aliphatic heterocycles. The number of nitrogens with zero attached hydrogens (tertiary/aromatic N) is 1. The Kier molecular flexibility index (Phi) is 6.63. The summed E-state index contributed by atoms with van der Waals surface area (Å²) in [7, 11) is 1.68. The van der Waals surface area contributed by atoms with Gasteiger partial charge in [-0.25, -0.2) is 0 Å². The molecular formula is C18H24ClFN2O. The van der Waals surface area contributed by atoms with Crippen LogP contribution in [0.15, 0.2) is 36.4 Å². The number of piperazine rings is 1. The average molecular weight is 339 g/mol. The standard InChI is InChI=1S/C18H23FN2O.ClH/c1-22-17-5-4-14-12-16(3-2-15(14)13-17)18(6-7-19)21-10-8-20-9-11-21;/h2-5,12-13,18,20H,6-11H2,1H3;1H/t18-;/m1./s1. The van der Waals surface area contributed by atoms with Gasteiger partial charge in [-0.1, -0.05) is 18.2 Å². The van der Waals surface area contributed by atoms with E-state index in [9.17, 15) is 4.39 Å². The summed E-state index contributed by atoms with van der Waals surface area (Å²) in [6, 6.07) is 12.7. The predicted molar refractivity (Wildman–Crippen MR) is 95.5 cm³/mol. The minimum absolute atomic E-state index is 0. The maximum absolute atomic E-state index is 13.0. The van der Waals surface area contributed by atoms with E-state index in [1.807, 2.05) is 12.1 Å². The summed E-state index contributed by atoms with van der Waals surface area (Å²) in [5.74, 6) is 0.864. The van der Waals surface area contributed by atoms with Crippen LogP contribution in [-0.2, 0) is 0 Å². The van der Waals surface area contributed by atoms with Gasteiger partial charge in [0.2, 0.25) is 0 Å². The van der Waals surface area contributed by atoms with Crippen molar-refractivity contribution >= 4 is 23.2 Å². The van der Waals surface area contributed by atoms with Crippen molar-refractivity contribution in [2.75, 3.05) is 40.0 Å². The topological polar surface area (TPSA) is 24.5 Å². The van der Waals surface area contributed by atoms with Crippen molar-refractivity contribution in [2.45, 2.75) is 12.5 Å². The predicted octanol–water partition coefficient (Wildman–Crippen LogP) is 3.58. The lowest BCUT2D eigenvalue weighted by molar-refractivity contribution is 0.157. The molecule has 5 heteroatoms. The summed E-state index contributed by atoms with van der Waals surface area (Å²) in [6.45, 7) is 3.63. The third kappa shape index (κ3) is 4.14. The van der Waals surface area contributed by atoms with Crippen molar-refractivity contribution in [2.24, 2.45) is 0 Å². The first-order chi connectivity index (χ1) is 10.8. The molecule has 0 radical (unpaired) electrons. The Hall–Kier alpha value is -1.36. The summed E-state index contributed by atoms with van der Waals surface area (Å²) in [6.07, 6.45) is 0.557. The minimum atomic E-state index is -0.282. The van der Waals surface area contributed by atoms with E-state index in [0.29, 0.717) is 6.42 Å². The van der Waals surface area contributed by atoms with E-state index in [2.05, 4.69) is 34.5 Å². The van der Waals surface area contributed by atoms with E-state index in [0.717, 1.165) is 37.3 Å². The van der Waals surface area contributed by atoms with Crippen LogP contribution < -0.4 is 10.1 Å². The molecule has 2 aromatic rings. The van der Waals surface area contributed by atoms with E-state index in [-0.39, 0.29) is 25.1 Å². The van der Waals surface area contributed by atoms with Gasteiger partial charge in [-0.2, -0.15) is 0 Å². The van der Waals surface area contributed by atoms with Crippen molar-refractivity contribution in [1.29, 1.82) is 0 Å². The van der Waals surface area contributed by atoms with Crippen molar-refractivity contribution in [3.63, 3.8) is 0 Å². The third-order valence-corrected chi connectivity index (χ3v) is 4.43. The molecule has 1 atom stereocenters. The lowest BCUT2D eigenvalue weighted by Crippen LogP contribution is -2.45. The maximum atomic E-state index is 13.0. The molecular weight excluding hydrogens is 315 g/mol. The quantitative estimate of drug-likeness (QED) is 0.902. The number of alkyl halides is 1. The highest BCUT2D eigenvalue weighted by atomic mass is 35.5. The first-order valence-electron chi connectivity index (χ1n) is 7.90. The van der Waals surface area contributed by atoms with Gasteiger partial charge >= 0.3 is 0 Å². The van der Waals surface area contributed by atoms with Crippen LogP contribution in [-0.4, -0.2) is 44.9 Å². The van der Waals surface area contributed by atoms with Crippen LogP contribution in [0, 0.1) is 0 Å². The van der Waals surface area contributed by atoms with Crippen molar-refractivity contribution in [3.05, 3.63) is 42.0 Å². The Labute approximate surface area is 143 Å². The van der Waals surface area contributed by atoms with Crippen LogP contribution in [0.5, 0.6) is 5.75 Å². The Bertz CT molecular complexity index is 631. The summed E-state index contributed by atoms with van der Waals surface area (Å²) in [4.78, 5) is 2.39. The number of fused-ring (bicyclic) bond motifs is 1. The van der Waals surface area contributed by atoms with E-state index in [4.69, 9.17) is 4.74 Å². The van der Waals surface area contributed by atoms with Crippen LogP contribution in [0.4, 0.5) is 4.39 Å². The van der Waals surface area contributed by atoms with E-state index < -0.39 is 0 Å². The molecule has 0 spiro atoms. The summed E-state index contributed by atoms with van der Waals surface area (Å²) in [5.41, 5.74) is 1.21. The van der Waals surface area contributed by atoms with Gasteiger partial charge in [0.05, 0.1) is 13.8 Å². The molecule has 1 N–H and O–H groups in total. The third-order valence-electron chi connectivity index (χ3n) is 4.43. The van der Waals surface area contributed by atoms with Crippen LogP contribution in [0.1, 0.15) is 18.0 Å². The first kappa shape index (κ1) is 18.0. The second-order valence-electron chi connectivity index (χ2n) is 5.75. The Morgan fingerprint density at radius 1 is 1.13 bits per heavy atom. The van der Waals surface area contributed by atoms with Gasteiger partial charge < -0.3 is 10.1 Å². The van der Waals surface area contributed by atoms with Crippen molar-refractivity contribution in [3.8, 4) is 5.75 Å². The molecule has 1 aliphatic rings. The molecule has 0 aromatic heterocycles. The number of halogens is 2. The Morgan fingerprint density at radius 3 is 2.52 bits per heavy atom. The van der Waals surface area contributed by atoms with E-state index >= 15 is 0 Å². The zero-order chi connectivity index (χ0) is 15.4. The van der Waals surface area contributed by atoms with Gasteiger partial charge in [-0.15, -0.1) is 12.4 Å². The number of rotatable bonds is 5. The lowest BCUT2D eigenvalue weighted by atomic mass is 9.98. The highest BCUT2D eigenvalue weighted by Gasteiger charge is 2.22. The molecule has 126 valence electrons. The minimum Gasteiger partial charge on any atom is -0.497 e. The zero-order valence-corrected chi connectivity index (χ0v) is 14.2. The second-order valence-corrected chi connectivity index (χ2v) is 5.75. The molecule has 0 saturated carbocycles. The molecule has 0 unspecified atom stereocenters. The van der Waals surface area contributed by atoms with Gasteiger partial charge in [0.25, 0.3) is 0 Å². The van der Waals surface area contributed by atoms with Gasteiger partial charge in [-0.3, -0.25) is 9.29 Å². The number of benzene rings is 2. The molecule has 1 saturated heterocycles.